The number of nitrogens with zero attached hydrogens (tertiary/aromatic N) is 3. The first kappa shape index (κ1) is 20.5. The monoisotopic (exact) mass is 411 g/mol. The Hall–Kier alpha value is -3.26. The van der Waals surface area contributed by atoms with Crippen molar-refractivity contribution in [1.29, 1.82) is 0 Å². The molecule has 1 amide bonds. The summed E-state index contributed by atoms with van der Waals surface area (Å²) in [5, 5.41) is 0.571. The standard InChI is InChI=1S/C21H21N3O4S/c1-5-9-24-20(25)18(29-21(24)23-15-7-6-8-22-13-15)12-14-10-16(26-2)19(28-4)17(11-14)27-3/h5-8,10-13H,1,9H2,2-4H3/b18-12-,23-21?. The quantitative estimate of drug-likeness (QED) is 0.508. The number of aliphatic imine (C=N–C) groups is 1. The van der Waals surface area contributed by atoms with E-state index in [1.54, 1.807) is 69.0 Å². The predicted molar refractivity (Wildman–Crippen MR) is 115 cm³/mol. The molecule has 0 N–H and O–H groups in total. The molecule has 0 atom stereocenters. The first-order valence-electron chi connectivity index (χ1n) is 8.72. The van der Waals surface area contributed by atoms with Crippen molar-refractivity contribution < 1.29 is 19.0 Å². The Kier molecular flexibility index (Phi) is 6.56. The van der Waals surface area contributed by atoms with Gasteiger partial charge in [0.15, 0.2) is 16.7 Å². The highest BCUT2D eigenvalue weighted by Gasteiger charge is 2.32. The zero-order valence-electron chi connectivity index (χ0n) is 16.4. The van der Waals surface area contributed by atoms with Crippen molar-refractivity contribution in [2.45, 2.75) is 0 Å². The maximum atomic E-state index is 12.9. The van der Waals surface area contributed by atoms with Gasteiger partial charge in [0.25, 0.3) is 5.91 Å². The summed E-state index contributed by atoms with van der Waals surface area (Å²) in [5.41, 5.74) is 1.42. The van der Waals surface area contributed by atoms with Crippen LogP contribution in [0.3, 0.4) is 0 Å². The van der Waals surface area contributed by atoms with E-state index < -0.39 is 0 Å². The number of pyridine rings is 1. The molecule has 2 aromatic rings. The van der Waals surface area contributed by atoms with Crippen LogP contribution in [0.25, 0.3) is 6.08 Å². The van der Waals surface area contributed by atoms with Crippen molar-refractivity contribution in [2.75, 3.05) is 27.9 Å². The van der Waals surface area contributed by atoms with Crippen molar-refractivity contribution in [3.8, 4) is 17.2 Å². The van der Waals surface area contributed by atoms with Gasteiger partial charge in [-0.3, -0.25) is 14.7 Å². The predicted octanol–water partition coefficient (Wildman–Crippen LogP) is 3.90. The summed E-state index contributed by atoms with van der Waals surface area (Å²) in [5.74, 6) is 1.38. The molecule has 1 fully saturated rings. The number of ether oxygens (including phenoxy) is 3. The minimum Gasteiger partial charge on any atom is -0.493 e. The summed E-state index contributed by atoms with van der Waals surface area (Å²) >= 11 is 1.29. The first-order chi connectivity index (χ1) is 14.1. The lowest BCUT2D eigenvalue weighted by atomic mass is 10.1. The molecular formula is C21H21N3O4S. The number of amidine groups is 1. The number of hydrogen-bond donors (Lipinski definition) is 0. The lowest BCUT2D eigenvalue weighted by Gasteiger charge is -2.13. The van der Waals surface area contributed by atoms with Gasteiger partial charge in [-0.1, -0.05) is 6.08 Å². The van der Waals surface area contributed by atoms with Gasteiger partial charge in [0.1, 0.15) is 0 Å². The van der Waals surface area contributed by atoms with Gasteiger partial charge < -0.3 is 14.2 Å². The molecule has 150 valence electrons. The average Bonchev–Trinajstić information content (AvgIpc) is 3.02. The lowest BCUT2D eigenvalue weighted by Crippen LogP contribution is -2.29. The lowest BCUT2D eigenvalue weighted by molar-refractivity contribution is -0.121. The SMILES string of the molecule is C=CCN1C(=O)/C(=C/c2cc(OC)c(OC)c(OC)c2)SC1=Nc1cccnc1. The molecule has 3 rings (SSSR count). The molecule has 0 spiro atoms. The second-order valence-electron chi connectivity index (χ2n) is 5.88. The van der Waals surface area contributed by atoms with E-state index in [9.17, 15) is 4.79 Å². The first-order valence-corrected chi connectivity index (χ1v) is 9.54. The molecule has 1 saturated heterocycles. The van der Waals surface area contributed by atoms with E-state index in [4.69, 9.17) is 14.2 Å². The summed E-state index contributed by atoms with van der Waals surface area (Å²) < 4.78 is 16.1. The highest BCUT2D eigenvalue weighted by Crippen LogP contribution is 2.40. The third-order valence-electron chi connectivity index (χ3n) is 4.06. The van der Waals surface area contributed by atoms with Crippen molar-refractivity contribution in [3.63, 3.8) is 0 Å². The molecule has 1 aromatic carbocycles. The van der Waals surface area contributed by atoms with E-state index in [1.165, 1.54) is 11.8 Å². The van der Waals surface area contributed by atoms with E-state index >= 15 is 0 Å². The van der Waals surface area contributed by atoms with Crippen LogP contribution in [0.4, 0.5) is 5.69 Å². The van der Waals surface area contributed by atoms with Gasteiger partial charge in [0, 0.05) is 12.7 Å². The topological polar surface area (TPSA) is 73.2 Å². The van der Waals surface area contributed by atoms with Crippen LogP contribution in [-0.2, 0) is 4.79 Å². The van der Waals surface area contributed by atoms with E-state index in [2.05, 4.69) is 16.6 Å². The number of hydrogen-bond acceptors (Lipinski definition) is 7. The summed E-state index contributed by atoms with van der Waals surface area (Å²) in [7, 11) is 4.64. The van der Waals surface area contributed by atoms with Gasteiger partial charge in [-0.05, 0) is 47.7 Å². The smallest absolute Gasteiger partial charge is 0.267 e. The third kappa shape index (κ3) is 4.43. The Labute approximate surface area is 173 Å². The Morgan fingerprint density at radius 1 is 1.21 bits per heavy atom. The molecule has 29 heavy (non-hydrogen) atoms. The highest BCUT2D eigenvalue weighted by molar-refractivity contribution is 8.18. The average molecular weight is 411 g/mol. The number of aromatic nitrogens is 1. The Morgan fingerprint density at radius 3 is 2.48 bits per heavy atom. The van der Waals surface area contributed by atoms with Crippen molar-refractivity contribution in [2.24, 2.45) is 4.99 Å². The molecule has 1 aliphatic rings. The van der Waals surface area contributed by atoms with Crippen molar-refractivity contribution >= 4 is 34.6 Å². The van der Waals surface area contributed by atoms with Crippen LogP contribution in [0.15, 0.2) is 59.2 Å². The normalized spacial score (nSPS) is 16.4. The van der Waals surface area contributed by atoms with E-state index in [0.717, 1.165) is 5.56 Å². The summed E-state index contributed by atoms with van der Waals surface area (Å²) in [4.78, 5) is 23.7. The fourth-order valence-corrected chi connectivity index (χ4v) is 3.76. The summed E-state index contributed by atoms with van der Waals surface area (Å²) in [6.07, 6.45) is 6.76. The van der Waals surface area contributed by atoms with E-state index in [0.29, 0.717) is 39.6 Å². The highest BCUT2D eigenvalue weighted by atomic mass is 32.2. The van der Waals surface area contributed by atoms with Crippen LogP contribution < -0.4 is 14.2 Å². The Balaban J connectivity index is 2.00. The fraction of sp³-hybridized carbons (Fsp3) is 0.190. The Morgan fingerprint density at radius 2 is 1.93 bits per heavy atom. The zero-order chi connectivity index (χ0) is 20.8. The van der Waals surface area contributed by atoms with E-state index in [1.807, 2.05) is 6.07 Å². The van der Waals surface area contributed by atoms with Crippen LogP contribution in [0.2, 0.25) is 0 Å². The molecule has 0 saturated carbocycles. The van der Waals surface area contributed by atoms with Gasteiger partial charge in [-0.2, -0.15) is 0 Å². The number of thioether (sulfide) groups is 1. The molecule has 0 aliphatic carbocycles. The van der Waals surface area contributed by atoms with Crippen molar-refractivity contribution in [1.82, 2.24) is 9.88 Å². The number of carbonyl (C=O) groups is 1. The molecule has 1 aliphatic heterocycles. The minimum atomic E-state index is -0.147. The largest absolute Gasteiger partial charge is 0.493 e. The second kappa shape index (κ2) is 9.29. The second-order valence-corrected chi connectivity index (χ2v) is 6.89. The van der Waals surface area contributed by atoms with Crippen LogP contribution >= 0.6 is 11.8 Å². The Bertz CT molecular complexity index is 948. The molecule has 7 nitrogen and oxygen atoms in total. The number of carbonyl (C=O) groups excluding carboxylic acids is 1. The molecule has 0 unspecified atom stereocenters. The summed E-state index contributed by atoms with van der Waals surface area (Å²) in [6, 6.07) is 7.20. The number of rotatable bonds is 7. The third-order valence-corrected chi connectivity index (χ3v) is 5.06. The van der Waals surface area contributed by atoms with Crippen LogP contribution in [0, 0.1) is 0 Å². The molecule has 8 heteroatoms. The zero-order valence-corrected chi connectivity index (χ0v) is 17.2. The van der Waals surface area contributed by atoms with Gasteiger partial charge in [-0.15, -0.1) is 6.58 Å². The van der Waals surface area contributed by atoms with Gasteiger partial charge in [-0.25, -0.2) is 4.99 Å². The van der Waals surface area contributed by atoms with Gasteiger partial charge in [0.05, 0.1) is 38.1 Å². The number of methoxy groups -OCH3 is 3. The maximum absolute atomic E-state index is 12.9. The van der Waals surface area contributed by atoms with Gasteiger partial charge >= 0.3 is 0 Å². The van der Waals surface area contributed by atoms with Gasteiger partial charge in [0.2, 0.25) is 5.75 Å². The van der Waals surface area contributed by atoms with Crippen LogP contribution in [-0.4, -0.2) is 48.8 Å². The maximum Gasteiger partial charge on any atom is 0.267 e. The molecule has 0 bridgehead atoms. The number of benzene rings is 1. The van der Waals surface area contributed by atoms with Crippen molar-refractivity contribution in [3.05, 3.63) is 59.8 Å². The fourth-order valence-electron chi connectivity index (χ4n) is 2.75. The molecular weight excluding hydrogens is 390 g/mol. The molecule has 0 radical (unpaired) electrons. The summed E-state index contributed by atoms with van der Waals surface area (Å²) in [6.45, 7) is 4.10. The number of amides is 1. The van der Waals surface area contributed by atoms with E-state index in [-0.39, 0.29) is 5.91 Å². The molecule has 1 aromatic heterocycles. The minimum absolute atomic E-state index is 0.147. The van der Waals surface area contributed by atoms with Crippen LogP contribution in [0.1, 0.15) is 5.56 Å². The van der Waals surface area contributed by atoms with Crippen LogP contribution in [0.5, 0.6) is 17.2 Å². The molecule has 2 heterocycles.